The average Bonchev–Trinajstić information content (AvgIpc) is 2.15. The van der Waals surface area contributed by atoms with E-state index in [-0.39, 0.29) is 0 Å². The molecule has 74 valence electrons. The van der Waals surface area contributed by atoms with Crippen LogP contribution in [0.3, 0.4) is 0 Å². The number of rotatable bonds is 3. The van der Waals surface area contributed by atoms with Crippen molar-refractivity contribution >= 4 is 12.0 Å². The van der Waals surface area contributed by atoms with Crippen LogP contribution in [0.4, 0.5) is 4.39 Å². The fraction of sp³-hybridized carbons (Fsp3) is 0.100. The van der Waals surface area contributed by atoms with Gasteiger partial charge in [0.05, 0.1) is 7.11 Å². The lowest BCUT2D eigenvalue weighted by Crippen LogP contribution is -2.05. The first-order valence-corrected chi connectivity index (χ1v) is 3.94. The predicted molar refractivity (Wildman–Crippen MR) is 51.2 cm³/mol. The van der Waals surface area contributed by atoms with Gasteiger partial charge < -0.3 is 10.5 Å². The van der Waals surface area contributed by atoms with Gasteiger partial charge in [-0.1, -0.05) is 0 Å². The van der Waals surface area contributed by atoms with E-state index in [9.17, 15) is 9.18 Å². The molecule has 1 rings (SSSR count). The van der Waals surface area contributed by atoms with Gasteiger partial charge in [0.15, 0.2) is 0 Å². The molecular weight excluding hydrogens is 185 g/mol. The number of primary amides is 1. The number of nitrogens with two attached hydrogens (primary N) is 1. The van der Waals surface area contributed by atoms with Crippen LogP contribution >= 0.6 is 0 Å². The molecule has 3 nitrogen and oxygen atoms in total. The first-order valence-electron chi connectivity index (χ1n) is 3.94. The van der Waals surface area contributed by atoms with Crippen molar-refractivity contribution in [2.75, 3.05) is 7.11 Å². The summed E-state index contributed by atoms with van der Waals surface area (Å²) in [6, 6.07) is 4.02. The minimum absolute atomic E-state index is 0.394. The summed E-state index contributed by atoms with van der Waals surface area (Å²) >= 11 is 0. The molecule has 0 aliphatic carbocycles. The first-order chi connectivity index (χ1) is 6.63. The summed E-state index contributed by atoms with van der Waals surface area (Å²) in [6.07, 6.45) is 2.56. The monoisotopic (exact) mass is 195 g/mol. The molecule has 0 saturated heterocycles. The standard InChI is InChI=1S/C10H10FNO2/c1-14-9-4-3-8(11)6-7(9)2-5-10(12)13/h2-6H,1H3,(H2,12,13)/b5-2-. The third-order valence-corrected chi connectivity index (χ3v) is 1.62. The van der Waals surface area contributed by atoms with Gasteiger partial charge in [0.2, 0.25) is 5.91 Å². The van der Waals surface area contributed by atoms with E-state index in [0.29, 0.717) is 11.3 Å². The minimum Gasteiger partial charge on any atom is -0.496 e. The fourth-order valence-corrected chi connectivity index (χ4v) is 1.01. The lowest BCUT2D eigenvalue weighted by Gasteiger charge is -2.03. The van der Waals surface area contributed by atoms with Crippen LogP contribution < -0.4 is 10.5 Å². The van der Waals surface area contributed by atoms with E-state index in [0.717, 1.165) is 6.08 Å². The maximum atomic E-state index is 12.8. The van der Waals surface area contributed by atoms with Crippen LogP contribution in [0.2, 0.25) is 0 Å². The summed E-state index contributed by atoms with van der Waals surface area (Å²) in [7, 11) is 1.47. The van der Waals surface area contributed by atoms with Gasteiger partial charge in [0.25, 0.3) is 0 Å². The first kappa shape index (κ1) is 10.2. The number of halogens is 1. The van der Waals surface area contributed by atoms with E-state index < -0.39 is 11.7 Å². The molecule has 0 atom stereocenters. The van der Waals surface area contributed by atoms with Crippen molar-refractivity contribution in [1.29, 1.82) is 0 Å². The fourth-order valence-electron chi connectivity index (χ4n) is 1.01. The maximum Gasteiger partial charge on any atom is 0.241 e. The van der Waals surface area contributed by atoms with E-state index in [4.69, 9.17) is 10.5 Å². The lowest BCUT2D eigenvalue weighted by atomic mass is 10.2. The van der Waals surface area contributed by atoms with Gasteiger partial charge in [-0.2, -0.15) is 0 Å². The van der Waals surface area contributed by atoms with Crippen LogP contribution in [0, 0.1) is 5.82 Å². The molecule has 1 amide bonds. The second kappa shape index (κ2) is 4.41. The lowest BCUT2D eigenvalue weighted by molar-refractivity contribution is -0.113. The van der Waals surface area contributed by atoms with Crippen molar-refractivity contribution in [2.24, 2.45) is 5.73 Å². The SMILES string of the molecule is COc1ccc(F)cc1/C=C\C(N)=O. The zero-order valence-electron chi connectivity index (χ0n) is 7.66. The summed E-state index contributed by atoms with van der Waals surface area (Å²) in [6.45, 7) is 0. The number of ether oxygens (including phenoxy) is 1. The average molecular weight is 195 g/mol. The maximum absolute atomic E-state index is 12.8. The van der Waals surface area contributed by atoms with Gasteiger partial charge >= 0.3 is 0 Å². The normalized spacial score (nSPS) is 10.4. The molecule has 2 N–H and O–H groups in total. The topological polar surface area (TPSA) is 52.3 Å². The number of benzene rings is 1. The molecular formula is C10H10FNO2. The van der Waals surface area contributed by atoms with Crippen LogP contribution in [0.1, 0.15) is 5.56 Å². The Kier molecular flexibility index (Phi) is 3.23. The van der Waals surface area contributed by atoms with Crippen molar-refractivity contribution in [1.82, 2.24) is 0 Å². The highest BCUT2D eigenvalue weighted by Gasteiger charge is 2.00. The summed E-state index contributed by atoms with van der Waals surface area (Å²) < 4.78 is 17.8. The largest absolute Gasteiger partial charge is 0.496 e. The number of methoxy groups -OCH3 is 1. The smallest absolute Gasteiger partial charge is 0.241 e. The third kappa shape index (κ3) is 2.58. The molecule has 0 heterocycles. The predicted octanol–water partition coefficient (Wildman–Crippen LogP) is 1.33. The molecule has 0 spiro atoms. The van der Waals surface area contributed by atoms with Crippen molar-refractivity contribution in [3.8, 4) is 5.75 Å². The van der Waals surface area contributed by atoms with Gasteiger partial charge in [-0.05, 0) is 24.3 Å². The van der Waals surface area contributed by atoms with Gasteiger partial charge in [-0.25, -0.2) is 4.39 Å². The molecule has 0 aliphatic heterocycles. The highest BCUT2D eigenvalue weighted by molar-refractivity contribution is 5.90. The van der Waals surface area contributed by atoms with Crippen molar-refractivity contribution in [2.45, 2.75) is 0 Å². The van der Waals surface area contributed by atoms with Crippen LogP contribution in [-0.2, 0) is 4.79 Å². The third-order valence-electron chi connectivity index (χ3n) is 1.62. The Hall–Kier alpha value is -1.84. The number of amides is 1. The highest BCUT2D eigenvalue weighted by Crippen LogP contribution is 2.20. The molecule has 1 aromatic rings. The van der Waals surface area contributed by atoms with Crippen LogP contribution in [0.15, 0.2) is 24.3 Å². The quantitative estimate of drug-likeness (QED) is 0.740. The molecule has 0 saturated carbocycles. The molecule has 0 radical (unpaired) electrons. The van der Waals surface area contributed by atoms with Crippen LogP contribution in [0.5, 0.6) is 5.75 Å². The Morgan fingerprint density at radius 1 is 1.57 bits per heavy atom. The van der Waals surface area contributed by atoms with Gasteiger partial charge in [-0.3, -0.25) is 4.79 Å². The highest BCUT2D eigenvalue weighted by atomic mass is 19.1. The molecule has 14 heavy (non-hydrogen) atoms. The zero-order chi connectivity index (χ0) is 10.6. The van der Waals surface area contributed by atoms with Crippen LogP contribution in [-0.4, -0.2) is 13.0 Å². The second-order valence-corrected chi connectivity index (χ2v) is 2.62. The van der Waals surface area contributed by atoms with Crippen LogP contribution in [0.25, 0.3) is 6.08 Å². The Morgan fingerprint density at radius 3 is 2.86 bits per heavy atom. The Balaban J connectivity index is 3.04. The van der Waals surface area contributed by atoms with Gasteiger partial charge in [0, 0.05) is 11.6 Å². The molecule has 0 aromatic heterocycles. The van der Waals surface area contributed by atoms with E-state index in [1.807, 2.05) is 0 Å². The molecule has 0 fully saturated rings. The van der Waals surface area contributed by atoms with E-state index in [2.05, 4.69) is 0 Å². The van der Waals surface area contributed by atoms with Crippen molar-refractivity contribution < 1.29 is 13.9 Å². The molecule has 4 heteroatoms. The summed E-state index contributed by atoms with van der Waals surface area (Å²) in [5.74, 6) is -0.491. The summed E-state index contributed by atoms with van der Waals surface area (Å²) in [5.41, 5.74) is 5.39. The van der Waals surface area contributed by atoms with Gasteiger partial charge in [0.1, 0.15) is 11.6 Å². The van der Waals surface area contributed by atoms with E-state index in [1.165, 1.54) is 31.4 Å². The Bertz CT molecular complexity index is 374. The molecule has 0 unspecified atom stereocenters. The molecule has 0 aliphatic rings. The Labute approximate surface area is 81.0 Å². The number of hydrogen-bond acceptors (Lipinski definition) is 2. The summed E-state index contributed by atoms with van der Waals surface area (Å²) in [4.78, 5) is 10.5. The number of carbonyl (C=O) groups excluding carboxylic acids is 1. The Morgan fingerprint density at radius 2 is 2.29 bits per heavy atom. The van der Waals surface area contributed by atoms with Crippen molar-refractivity contribution in [3.63, 3.8) is 0 Å². The number of hydrogen-bond donors (Lipinski definition) is 1. The zero-order valence-corrected chi connectivity index (χ0v) is 7.66. The summed E-state index contributed by atoms with van der Waals surface area (Å²) in [5, 5.41) is 0. The second-order valence-electron chi connectivity index (χ2n) is 2.62. The molecule has 1 aromatic carbocycles. The minimum atomic E-state index is -0.587. The van der Waals surface area contributed by atoms with Crippen molar-refractivity contribution in [3.05, 3.63) is 35.7 Å². The van der Waals surface area contributed by atoms with E-state index in [1.54, 1.807) is 0 Å². The van der Waals surface area contributed by atoms with E-state index >= 15 is 0 Å². The number of carbonyl (C=O) groups is 1. The molecule has 0 bridgehead atoms. The van der Waals surface area contributed by atoms with Gasteiger partial charge in [-0.15, -0.1) is 0 Å².